The molecule has 50 heavy (non-hydrogen) atoms. The number of ether oxygens (including phenoxy) is 2. The molecule has 3 N–H and O–H groups in total. The van der Waals surface area contributed by atoms with Gasteiger partial charge in [0.1, 0.15) is 0 Å². The van der Waals surface area contributed by atoms with Crippen LogP contribution in [0.5, 0.6) is 0 Å². The highest BCUT2D eigenvalue weighted by atomic mass is 32.2. The fourth-order valence-corrected chi connectivity index (χ4v) is 8.05. The number of sulfonamides is 1. The lowest BCUT2D eigenvalue weighted by Gasteiger charge is -2.41. The molecule has 0 unspecified atom stereocenters. The van der Waals surface area contributed by atoms with Crippen LogP contribution in [0.4, 0.5) is 5.69 Å². The molecule has 1 aliphatic heterocycles. The summed E-state index contributed by atoms with van der Waals surface area (Å²) in [6.07, 6.45) is -1.01. The zero-order valence-corrected chi connectivity index (χ0v) is 29.5. The van der Waals surface area contributed by atoms with Gasteiger partial charge < -0.3 is 19.9 Å². The van der Waals surface area contributed by atoms with E-state index in [0.29, 0.717) is 5.75 Å². The van der Waals surface area contributed by atoms with Crippen molar-refractivity contribution < 1.29 is 27.8 Å². The van der Waals surface area contributed by atoms with E-state index < -0.39 is 16.3 Å². The van der Waals surface area contributed by atoms with E-state index in [0.717, 1.165) is 44.0 Å². The van der Waals surface area contributed by atoms with Gasteiger partial charge in [0.05, 0.1) is 23.7 Å². The molecule has 4 atom stereocenters. The first-order valence-corrected chi connectivity index (χ1v) is 18.9. The van der Waals surface area contributed by atoms with Gasteiger partial charge in [0.25, 0.3) is 0 Å². The van der Waals surface area contributed by atoms with Gasteiger partial charge in [-0.15, -0.1) is 11.8 Å². The number of amides is 1. The summed E-state index contributed by atoms with van der Waals surface area (Å²) in [6, 6.07) is 39.7. The van der Waals surface area contributed by atoms with Crippen LogP contribution >= 0.6 is 11.8 Å². The van der Waals surface area contributed by atoms with Crippen LogP contribution in [0.25, 0.3) is 11.1 Å². The highest BCUT2D eigenvalue weighted by Gasteiger charge is 2.38. The Kier molecular flexibility index (Phi) is 11.5. The molecule has 1 aliphatic rings. The van der Waals surface area contributed by atoms with E-state index in [4.69, 9.17) is 9.47 Å². The number of thioether (sulfide) groups is 1. The van der Waals surface area contributed by atoms with Crippen LogP contribution in [0, 0.1) is 5.92 Å². The molecular weight excluding hydrogens is 669 g/mol. The molecule has 0 radical (unpaired) electrons. The minimum Gasteiger partial charge on any atom is -0.392 e. The number of carbonyl (C=O) groups excluding carboxylic acids is 1. The van der Waals surface area contributed by atoms with Gasteiger partial charge >= 0.3 is 0 Å². The normalized spacial score (nSPS) is 19.2. The summed E-state index contributed by atoms with van der Waals surface area (Å²) < 4.78 is 41.8. The Hall–Kier alpha value is -4.29. The summed E-state index contributed by atoms with van der Waals surface area (Å²) >= 11 is 1.69. The molecule has 1 heterocycles. The van der Waals surface area contributed by atoms with Crippen molar-refractivity contribution >= 4 is 33.4 Å². The molecular formula is C40H40N2O6S2. The number of aliphatic hydroxyl groups excluding tert-OH is 1. The SMILES string of the molecule is CC(=O)Nc1ccc(SC[C@H]2O[C@@H](c3ccc(-c4ccccc4CNS(=O)(=O)c4ccccc4)cc3)O[C@@H](c3ccc(CO)cc3)[C@H]2C)cc1. The van der Waals surface area contributed by atoms with Crippen molar-refractivity contribution in [2.75, 3.05) is 11.1 Å². The Balaban J connectivity index is 1.21. The third kappa shape index (κ3) is 8.70. The number of nitrogens with one attached hydrogen (secondary N) is 2. The highest BCUT2D eigenvalue weighted by Crippen LogP contribution is 2.43. The smallest absolute Gasteiger partial charge is 0.240 e. The van der Waals surface area contributed by atoms with E-state index in [1.807, 2.05) is 97.1 Å². The Bertz CT molecular complexity index is 1990. The van der Waals surface area contributed by atoms with Gasteiger partial charge in [-0.3, -0.25) is 4.79 Å². The fourth-order valence-electron chi connectivity index (χ4n) is 5.96. The van der Waals surface area contributed by atoms with Gasteiger partial charge in [0, 0.05) is 41.3 Å². The minimum atomic E-state index is -3.66. The summed E-state index contributed by atoms with van der Waals surface area (Å²) in [5, 5.41) is 12.4. The Morgan fingerprint density at radius 2 is 1.46 bits per heavy atom. The molecule has 1 fully saturated rings. The summed E-state index contributed by atoms with van der Waals surface area (Å²) in [5.74, 6) is 0.612. The maximum atomic E-state index is 12.9. The topological polar surface area (TPSA) is 114 Å². The molecule has 0 saturated carbocycles. The van der Waals surface area contributed by atoms with Gasteiger partial charge in [-0.1, -0.05) is 97.9 Å². The second-order valence-corrected chi connectivity index (χ2v) is 15.1. The molecule has 8 nitrogen and oxygen atoms in total. The predicted octanol–water partition coefficient (Wildman–Crippen LogP) is 7.87. The average molecular weight is 709 g/mol. The Labute approximate surface area is 297 Å². The maximum absolute atomic E-state index is 12.9. The van der Waals surface area contributed by atoms with E-state index in [2.05, 4.69) is 17.0 Å². The molecule has 0 aliphatic carbocycles. The number of benzene rings is 5. The van der Waals surface area contributed by atoms with Crippen LogP contribution < -0.4 is 10.0 Å². The molecule has 0 aromatic heterocycles. The molecule has 10 heteroatoms. The van der Waals surface area contributed by atoms with Gasteiger partial charge in [-0.25, -0.2) is 13.1 Å². The van der Waals surface area contributed by atoms with Crippen molar-refractivity contribution in [3.05, 3.63) is 150 Å². The average Bonchev–Trinajstić information content (AvgIpc) is 3.14. The predicted molar refractivity (Wildman–Crippen MR) is 197 cm³/mol. The van der Waals surface area contributed by atoms with Crippen molar-refractivity contribution in [1.82, 2.24) is 4.72 Å². The third-order valence-electron chi connectivity index (χ3n) is 8.73. The van der Waals surface area contributed by atoms with Crippen molar-refractivity contribution in [3.8, 4) is 11.1 Å². The largest absolute Gasteiger partial charge is 0.392 e. The molecule has 5 aromatic carbocycles. The minimum absolute atomic E-state index is 0.0263. The lowest BCUT2D eigenvalue weighted by atomic mass is 9.91. The number of carbonyl (C=O) groups is 1. The summed E-state index contributed by atoms with van der Waals surface area (Å²) in [4.78, 5) is 12.7. The Morgan fingerprint density at radius 1 is 0.800 bits per heavy atom. The number of rotatable bonds is 12. The zero-order valence-electron chi connectivity index (χ0n) is 27.9. The van der Waals surface area contributed by atoms with Gasteiger partial charge in [0.15, 0.2) is 6.29 Å². The van der Waals surface area contributed by atoms with E-state index in [9.17, 15) is 18.3 Å². The van der Waals surface area contributed by atoms with Gasteiger partial charge in [-0.05, 0) is 64.2 Å². The number of hydrogen-bond acceptors (Lipinski definition) is 7. The van der Waals surface area contributed by atoms with Gasteiger partial charge in [0.2, 0.25) is 15.9 Å². The summed E-state index contributed by atoms with van der Waals surface area (Å²) in [7, 11) is -3.66. The first-order chi connectivity index (χ1) is 24.2. The van der Waals surface area contributed by atoms with E-state index >= 15 is 0 Å². The molecule has 1 saturated heterocycles. The van der Waals surface area contributed by atoms with Crippen molar-refractivity contribution in [3.63, 3.8) is 0 Å². The van der Waals surface area contributed by atoms with Crippen molar-refractivity contribution in [2.24, 2.45) is 5.92 Å². The first-order valence-electron chi connectivity index (χ1n) is 16.4. The molecule has 0 bridgehead atoms. The van der Waals surface area contributed by atoms with Crippen LogP contribution in [-0.4, -0.2) is 31.3 Å². The number of hydrogen-bond donors (Lipinski definition) is 3. The second kappa shape index (κ2) is 16.2. The first kappa shape index (κ1) is 35.5. The molecule has 6 rings (SSSR count). The molecule has 0 spiro atoms. The van der Waals surface area contributed by atoms with Crippen LogP contribution in [0.1, 0.15) is 48.5 Å². The van der Waals surface area contributed by atoms with Gasteiger partial charge in [-0.2, -0.15) is 0 Å². The lowest BCUT2D eigenvalue weighted by molar-refractivity contribution is -0.268. The quantitative estimate of drug-likeness (QED) is 0.113. The van der Waals surface area contributed by atoms with Crippen LogP contribution in [-0.2, 0) is 37.4 Å². The number of aliphatic hydroxyl groups is 1. The Morgan fingerprint density at radius 3 is 2.14 bits per heavy atom. The maximum Gasteiger partial charge on any atom is 0.240 e. The lowest BCUT2D eigenvalue weighted by Crippen LogP contribution is -2.38. The molecule has 5 aromatic rings. The molecule has 1 amide bonds. The van der Waals surface area contributed by atoms with Crippen molar-refractivity contribution in [2.45, 2.75) is 55.3 Å². The molecule has 258 valence electrons. The van der Waals surface area contributed by atoms with E-state index in [-0.39, 0.29) is 42.1 Å². The van der Waals surface area contributed by atoms with Crippen LogP contribution in [0.15, 0.2) is 137 Å². The standard InChI is InChI=1S/C40H40N2O6S2/c1-27-38(26-49-35-22-20-34(21-23-35)42-28(2)44)47-40(48-39(27)31-14-12-29(25-43)13-15-31)32-18-16-30(17-19-32)37-11-7-6-8-33(37)24-41-50(45,46)36-9-4-3-5-10-36/h3-23,27,38-41,43H,24-26H2,1-2H3,(H,42,44)/t27-,38+,39+,40+/m0/s1. The van der Waals surface area contributed by atoms with Crippen LogP contribution in [0.3, 0.4) is 0 Å². The highest BCUT2D eigenvalue weighted by molar-refractivity contribution is 7.99. The monoisotopic (exact) mass is 708 g/mol. The van der Waals surface area contributed by atoms with E-state index in [1.54, 1.807) is 42.1 Å². The summed E-state index contributed by atoms with van der Waals surface area (Å²) in [5.41, 5.74) is 6.20. The third-order valence-corrected chi connectivity index (χ3v) is 11.2. The van der Waals surface area contributed by atoms with Crippen molar-refractivity contribution in [1.29, 1.82) is 0 Å². The second-order valence-electron chi connectivity index (χ2n) is 12.3. The number of anilines is 1. The summed E-state index contributed by atoms with van der Waals surface area (Å²) in [6.45, 7) is 3.75. The van der Waals surface area contributed by atoms with E-state index in [1.165, 1.54) is 6.92 Å². The fraction of sp³-hybridized carbons (Fsp3) is 0.225. The zero-order chi connectivity index (χ0) is 35.1. The van der Waals surface area contributed by atoms with Crippen LogP contribution in [0.2, 0.25) is 0 Å².